The molecule has 4 aromatic rings. The fourth-order valence-electron chi connectivity index (χ4n) is 4.72. The lowest BCUT2D eigenvalue weighted by molar-refractivity contribution is 0.114. The lowest BCUT2D eigenvalue weighted by atomic mass is 10.1. The van der Waals surface area contributed by atoms with E-state index < -0.39 is 0 Å². The molecule has 0 fully saturated rings. The van der Waals surface area contributed by atoms with Crippen molar-refractivity contribution in [1.82, 2.24) is 9.47 Å². The van der Waals surface area contributed by atoms with E-state index in [1.165, 1.54) is 50.4 Å². The molecule has 1 heterocycles. The van der Waals surface area contributed by atoms with Gasteiger partial charge in [0.2, 0.25) is 0 Å². The van der Waals surface area contributed by atoms with E-state index in [1.807, 2.05) is 0 Å². The monoisotopic (exact) mass is 516 g/mol. The van der Waals surface area contributed by atoms with Crippen molar-refractivity contribution >= 4 is 22.7 Å². The highest BCUT2D eigenvalue weighted by molar-refractivity contribution is 7.99. The number of methoxy groups -OCH3 is 1. The highest BCUT2D eigenvalue weighted by atomic mass is 32.2. The van der Waals surface area contributed by atoms with Crippen LogP contribution in [0.25, 0.3) is 22.2 Å². The summed E-state index contributed by atoms with van der Waals surface area (Å²) in [7, 11) is 5.90. The molecule has 196 valence electrons. The van der Waals surface area contributed by atoms with Gasteiger partial charge in [0.25, 0.3) is 0 Å². The number of unbranched alkanes of at least 4 members (excludes halogenated alkanes) is 3. The quantitative estimate of drug-likeness (QED) is 0.159. The van der Waals surface area contributed by atoms with Crippen LogP contribution in [0.15, 0.2) is 82.6 Å². The van der Waals surface area contributed by atoms with E-state index in [0.717, 1.165) is 44.9 Å². The zero-order valence-corrected chi connectivity index (χ0v) is 23.5. The molecule has 37 heavy (non-hydrogen) atoms. The number of aryl methyl sites for hydroxylation is 2. The van der Waals surface area contributed by atoms with Crippen LogP contribution in [0.4, 0.5) is 0 Å². The Morgan fingerprint density at radius 2 is 1.54 bits per heavy atom. The predicted molar refractivity (Wildman–Crippen MR) is 157 cm³/mol. The van der Waals surface area contributed by atoms with Crippen LogP contribution in [0.1, 0.15) is 31.2 Å². The van der Waals surface area contributed by atoms with Crippen molar-refractivity contribution in [1.29, 1.82) is 0 Å². The molecule has 4 nitrogen and oxygen atoms in total. The van der Waals surface area contributed by atoms with Crippen molar-refractivity contribution in [3.63, 3.8) is 0 Å². The van der Waals surface area contributed by atoms with Crippen LogP contribution >= 0.6 is 11.8 Å². The van der Waals surface area contributed by atoms with E-state index >= 15 is 0 Å². The first-order valence-electron chi connectivity index (χ1n) is 13.3. The van der Waals surface area contributed by atoms with Crippen LogP contribution in [-0.4, -0.2) is 50.4 Å². The SMILES string of the molecule is COc1ccc2c(c1)c(C)c(-c1ccc(Sc3ccccc3)cc1)n2CCCCCCOCCN(C)C. The number of hydrogen-bond acceptors (Lipinski definition) is 4. The molecule has 1 aromatic heterocycles. The highest BCUT2D eigenvalue weighted by Gasteiger charge is 2.16. The lowest BCUT2D eigenvalue weighted by Crippen LogP contribution is -2.18. The molecule has 0 bridgehead atoms. The summed E-state index contributed by atoms with van der Waals surface area (Å²) in [5.41, 5.74) is 5.17. The van der Waals surface area contributed by atoms with E-state index in [-0.39, 0.29) is 0 Å². The number of fused-ring (bicyclic) bond motifs is 1. The maximum Gasteiger partial charge on any atom is 0.119 e. The molecule has 0 unspecified atom stereocenters. The largest absolute Gasteiger partial charge is 0.497 e. The number of benzene rings is 3. The minimum Gasteiger partial charge on any atom is -0.497 e. The molecule has 0 N–H and O–H groups in total. The highest BCUT2D eigenvalue weighted by Crippen LogP contribution is 2.37. The van der Waals surface area contributed by atoms with Crippen LogP contribution in [0.5, 0.6) is 5.75 Å². The van der Waals surface area contributed by atoms with Gasteiger partial charge in [-0.3, -0.25) is 0 Å². The molecule has 0 saturated heterocycles. The van der Waals surface area contributed by atoms with Gasteiger partial charge in [-0.05, 0) is 87.5 Å². The Balaban J connectivity index is 1.47. The summed E-state index contributed by atoms with van der Waals surface area (Å²) in [5.74, 6) is 0.906. The Hall–Kier alpha value is -2.73. The number of likely N-dealkylation sites (N-methyl/N-ethyl adjacent to an activating group) is 1. The zero-order chi connectivity index (χ0) is 26.0. The molecule has 0 radical (unpaired) electrons. The molecular formula is C32H40N2O2S. The van der Waals surface area contributed by atoms with Crippen molar-refractivity contribution < 1.29 is 9.47 Å². The first-order valence-corrected chi connectivity index (χ1v) is 14.1. The summed E-state index contributed by atoms with van der Waals surface area (Å²) in [6.07, 6.45) is 4.69. The van der Waals surface area contributed by atoms with Gasteiger partial charge in [0.1, 0.15) is 5.75 Å². The minimum atomic E-state index is 0.817. The molecule has 0 amide bonds. The van der Waals surface area contributed by atoms with E-state index in [0.29, 0.717) is 0 Å². The fraction of sp³-hybridized carbons (Fsp3) is 0.375. The lowest BCUT2D eigenvalue weighted by Gasteiger charge is -2.13. The minimum absolute atomic E-state index is 0.817. The van der Waals surface area contributed by atoms with Crippen molar-refractivity contribution in [3.05, 3.63) is 78.4 Å². The molecule has 4 rings (SSSR count). The van der Waals surface area contributed by atoms with Crippen LogP contribution in [0, 0.1) is 6.92 Å². The van der Waals surface area contributed by atoms with Crippen LogP contribution in [0.2, 0.25) is 0 Å². The van der Waals surface area contributed by atoms with Crippen LogP contribution in [-0.2, 0) is 11.3 Å². The Morgan fingerprint density at radius 3 is 2.27 bits per heavy atom. The van der Waals surface area contributed by atoms with Gasteiger partial charge >= 0.3 is 0 Å². The Bertz CT molecular complexity index is 1250. The maximum absolute atomic E-state index is 5.76. The molecule has 0 aliphatic rings. The van der Waals surface area contributed by atoms with E-state index in [1.54, 1.807) is 18.9 Å². The summed E-state index contributed by atoms with van der Waals surface area (Å²) in [6.45, 7) is 5.91. The van der Waals surface area contributed by atoms with Gasteiger partial charge in [-0.1, -0.05) is 54.9 Å². The second kappa shape index (κ2) is 13.7. The Morgan fingerprint density at radius 1 is 0.811 bits per heavy atom. The van der Waals surface area contributed by atoms with E-state index in [4.69, 9.17) is 9.47 Å². The second-order valence-corrected chi connectivity index (χ2v) is 10.9. The van der Waals surface area contributed by atoms with Crippen LogP contribution < -0.4 is 4.74 Å². The smallest absolute Gasteiger partial charge is 0.119 e. The van der Waals surface area contributed by atoms with E-state index in [2.05, 4.69) is 103 Å². The van der Waals surface area contributed by atoms with Gasteiger partial charge in [0.15, 0.2) is 0 Å². The number of nitrogens with zero attached hydrogens (tertiary/aromatic N) is 2. The number of rotatable bonds is 14. The van der Waals surface area contributed by atoms with Gasteiger partial charge in [0.05, 0.1) is 19.4 Å². The number of aromatic nitrogens is 1. The van der Waals surface area contributed by atoms with Crippen molar-refractivity contribution in [2.24, 2.45) is 0 Å². The third kappa shape index (κ3) is 7.41. The fourth-order valence-corrected chi connectivity index (χ4v) is 5.55. The summed E-state index contributed by atoms with van der Waals surface area (Å²) < 4.78 is 13.8. The normalized spacial score (nSPS) is 11.5. The standard InChI is InChI=1S/C32H40N2O2S/c1-25-30-24-27(35-4)16-19-31(30)34(20-10-5-6-11-22-36-23-21-33(2)3)32(25)26-14-17-29(18-15-26)37-28-12-8-7-9-13-28/h7-9,12-19,24H,5-6,10-11,20-23H2,1-4H3. The third-order valence-corrected chi connectivity index (χ3v) is 7.75. The van der Waals surface area contributed by atoms with Crippen molar-refractivity contribution in [2.45, 2.75) is 48.9 Å². The first-order chi connectivity index (χ1) is 18.1. The van der Waals surface area contributed by atoms with Gasteiger partial charge < -0.3 is 18.9 Å². The summed E-state index contributed by atoms with van der Waals surface area (Å²) >= 11 is 1.80. The average molecular weight is 517 g/mol. The van der Waals surface area contributed by atoms with E-state index in [9.17, 15) is 0 Å². The Kier molecular flexibility index (Phi) is 10.1. The van der Waals surface area contributed by atoms with Crippen LogP contribution in [0.3, 0.4) is 0 Å². The number of ether oxygens (including phenoxy) is 2. The molecule has 0 aliphatic carbocycles. The summed E-state index contributed by atoms with van der Waals surface area (Å²) in [5, 5.41) is 1.27. The van der Waals surface area contributed by atoms with Gasteiger partial charge in [-0.25, -0.2) is 0 Å². The third-order valence-electron chi connectivity index (χ3n) is 6.73. The average Bonchev–Trinajstić information content (AvgIpc) is 3.19. The zero-order valence-electron chi connectivity index (χ0n) is 22.7. The summed E-state index contributed by atoms with van der Waals surface area (Å²) in [6, 6.07) is 26.0. The van der Waals surface area contributed by atoms with Crippen molar-refractivity contribution in [2.75, 3.05) is 41.0 Å². The molecule has 0 spiro atoms. The molecule has 0 atom stereocenters. The Labute approximate surface area is 226 Å². The van der Waals surface area contributed by atoms with Gasteiger partial charge in [-0.15, -0.1) is 0 Å². The first kappa shape index (κ1) is 27.3. The van der Waals surface area contributed by atoms with Crippen molar-refractivity contribution in [3.8, 4) is 17.0 Å². The molecule has 5 heteroatoms. The summed E-state index contributed by atoms with van der Waals surface area (Å²) in [4.78, 5) is 4.67. The topological polar surface area (TPSA) is 26.6 Å². The second-order valence-electron chi connectivity index (χ2n) is 9.78. The molecule has 3 aromatic carbocycles. The molecule has 0 saturated carbocycles. The molecule has 0 aliphatic heterocycles. The maximum atomic E-state index is 5.76. The van der Waals surface area contributed by atoms with Gasteiger partial charge in [0, 0.05) is 40.4 Å². The van der Waals surface area contributed by atoms with Gasteiger partial charge in [-0.2, -0.15) is 0 Å². The predicted octanol–water partition coefficient (Wildman–Crippen LogP) is 7.92. The number of hydrogen-bond donors (Lipinski definition) is 0. The molecular weight excluding hydrogens is 476 g/mol.